The Bertz CT molecular complexity index is 817. The molecule has 1 aromatic rings. The number of morpholine rings is 1. The van der Waals surface area contributed by atoms with E-state index in [4.69, 9.17) is 4.74 Å². The molecule has 0 aromatic heterocycles. The molecule has 3 fully saturated rings. The fraction of sp³-hybridized carbons (Fsp3) is 0.600. The first-order valence-corrected chi connectivity index (χ1v) is 11.8. The molecule has 6 heteroatoms. The van der Waals surface area contributed by atoms with Gasteiger partial charge in [-0.2, -0.15) is 0 Å². The highest BCUT2D eigenvalue weighted by molar-refractivity contribution is 5.98. The highest BCUT2D eigenvalue weighted by Gasteiger charge is 2.42. The van der Waals surface area contributed by atoms with Gasteiger partial charge in [-0.25, -0.2) is 4.39 Å². The molecule has 31 heavy (non-hydrogen) atoms. The average Bonchev–Trinajstić information content (AvgIpc) is 2.74. The Morgan fingerprint density at radius 3 is 2.48 bits per heavy atom. The molecule has 1 aromatic carbocycles. The van der Waals surface area contributed by atoms with Gasteiger partial charge in [0.2, 0.25) is 5.91 Å². The Labute approximate surface area is 184 Å². The van der Waals surface area contributed by atoms with E-state index >= 15 is 0 Å². The van der Waals surface area contributed by atoms with Gasteiger partial charge < -0.3 is 15.0 Å². The molecule has 2 amide bonds. The number of nitrogens with zero attached hydrogens (tertiary/aromatic N) is 1. The van der Waals surface area contributed by atoms with Gasteiger partial charge in [-0.05, 0) is 44.2 Å². The lowest BCUT2D eigenvalue weighted by Gasteiger charge is -2.44. The van der Waals surface area contributed by atoms with Crippen molar-refractivity contribution in [1.82, 2.24) is 10.2 Å². The second-order valence-electron chi connectivity index (χ2n) is 9.08. The highest BCUT2D eigenvalue weighted by Crippen LogP contribution is 2.33. The number of hydrogen-bond acceptors (Lipinski definition) is 3. The SMILES string of the molecule is O=C(CN1C(=O)/C(=C/c2ccccc2F)OC2CCCCC21)NC1CCCCCCC1. The van der Waals surface area contributed by atoms with Crippen LogP contribution in [-0.4, -0.2) is 41.4 Å². The number of carbonyl (C=O) groups excluding carboxylic acids is 2. The third kappa shape index (κ3) is 5.46. The molecule has 2 aliphatic carbocycles. The molecule has 0 spiro atoms. The van der Waals surface area contributed by atoms with Crippen LogP contribution in [0.5, 0.6) is 0 Å². The molecule has 1 heterocycles. The summed E-state index contributed by atoms with van der Waals surface area (Å²) in [5, 5.41) is 3.17. The maximum atomic E-state index is 14.1. The second-order valence-corrected chi connectivity index (χ2v) is 9.08. The van der Waals surface area contributed by atoms with Crippen molar-refractivity contribution in [3.63, 3.8) is 0 Å². The minimum Gasteiger partial charge on any atom is -0.482 e. The van der Waals surface area contributed by atoms with Crippen molar-refractivity contribution >= 4 is 17.9 Å². The third-order valence-corrected chi connectivity index (χ3v) is 6.79. The number of amides is 2. The summed E-state index contributed by atoms with van der Waals surface area (Å²) in [7, 11) is 0. The summed E-state index contributed by atoms with van der Waals surface area (Å²) in [6, 6.07) is 6.43. The molecular formula is C25H33FN2O3. The number of ether oxygens (including phenoxy) is 1. The first-order chi connectivity index (χ1) is 15.1. The second kappa shape index (κ2) is 10.3. The van der Waals surface area contributed by atoms with Crippen LogP contribution in [0, 0.1) is 5.82 Å². The third-order valence-electron chi connectivity index (χ3n) is 6.79. The minimum atomic E-state index is -0.397. The molecule has 168 valence electrons. The molecule has 1 saturated heterocycles. The van der Waals surface area contributed by atoms with E-state index in [1.54, 1.807) is 23.1 Å². The van der Waals surface area contributed by atoms with Crippen LogP contribution in [0.2, 0.25) is 0 Å². The van der Waals surface area contributed by atoms with Crippen molar-refractivity contribution in [3.05, 3.63) is 41.4 Å². The summed E-state index contributed by atoms with van der Waals surface area (Å²) in [6.07, 6.45) is 13.1. The number of carbonyl (C=O) groups is 2. The van der Waals surface area contributed by atoms with Gasteiger partial charge in [0, 0.05) is 11.6 Å². The molecule has 2 atom stereocenters. The minimum absolute atomic E-state index is 0.0362. The molecule has 1 aliphatic heterocycles. The predicted molar refractivity (Wildman–Crippen MR) is 117 cm³/mol. The Balaban J connectivity index is 1.49. The van der Waals surface area contributed by atoms with Crippen LogP contribution >= 0.6 is 0 Å². The number of halogens is 1. The summed E-state index contributed by atoms with van der Waals surface area (Å²) in [6.45, 7) is 0.0362. The molecule has 3 aliphatic rings. The van der Waals surface area contributed by atoms with Crippen molar-refractivity contribution in [2.45, 2.75) is 88.8 Å². The zero-order valence-electron chi connectivity index (χ0n) is 18.2. The number of benzene rings is 1. The standard InChI is InChI=1S/C25H33FN2O3/c26-20-13-7-6-10-18(20)16-23-25(30)28(21-14-8-9-15-22(21)31-23)17-24(29)27-19-11-4-2-1-3-5-12-19/h6-7,10,13,16,19,21-22H,1-5,8-9,11-12,14-15,17H2,(H,27,29)/b23-16-. The Morgan fingerprint density at radius 2 is 1.71 bits per heavy atom. The van der Waals surface area contributed by atoms with Crippen molar-refractivity contribution < 1.29 is 18.7 Å². The molecule has 2 saturated carbocycles. The van der Waals surface area contributed by atoms with Gasteiger partial charge >= 0.3 is 0 Å². The summed E-state index contributed by atoms with van der Waals surface area (Å²) in [5.41, 5.74) is 0.319. The van der Waals surface area contributed by atoms with Crippen LogP contribution in [0.3, 0.4) is 0 Å². The molecular weight excluding hydrogens is 395 g/mol. The lowest BCUT2D eigenvalue weighted by molar-refractivity contribution is -0.152. The van der Waals surface area contributed by atoms with Gasteiger partial charge in [0.25, 0.3) is 5.91 Å². The van der Waals surface area contributed by atoms with Crippen molar-refractivity contribution in [2.24, 2.45) is 0 Å². The van der Waals surface area contributed by atoms with Gasteiger partial charge in [0.1, 0.15) is 18.5 Å². The Hall–Kier alpha value is -2.37. The van der Waals surface area contributed by atoms with Crippen LogP contribution in [0.25, 0.3) is 6.08 Å². The van der Waals surface area contributed by atoms with E-state index in [1.807, 2.05) is 0 Å². The maximum absolute atomic E-state index is 14.1. The quantitative estimate of drug-likeness (QED) is 0.715. The average molecular weight is 429 g/mol. The predicted octanol–water partition coefficient (Wildman–Crippen LogP) is 4.57. The van der Waals surface area contributed by atoms with Crippen LogP contribution in [0.4, 0.5) is 4.39 Å². The molecule has 4 rings (SSSR count). The molecule has 2 unspecified atom stereocenters. The van der Waals surface area contributed by atoms with Crippen molar-refractivity contribution in [3.8, 4) is 0 Å². The molecule has 0 bridgehead atoms. The Kier molecular flexibility index (Phi) is 7.25. The number of rotatable bonds is 4. The summed E-state index contributed by atoms with van der Waals surface area (Å²) < 4.78 is 20.2. The molecule has 5 nitrogen and oxygen atoms in total. The zero-order chi connectivity index (χ0) is 21.6. The number of fused-ring (bicyclic) bond motifs is 1. The molecule has 0 radical (unpaired) electrons. The summed E-state index contributed by atoms with van der Waals surface area (Å²) in [5.74, 6) is -0.688. The normalized spacial score (nSPS) is 26.5. The lowest BCUT2D eigenvalue weighted by atomic mass is 9.89. The van der Waals surface area contributed by atoms with Crippen LogP contribution in [0.1, 0.15) is 76.2 Å². The number of nitrogens with one attached hydrogen (secondary N) is 1. The van der Waals surface area contributed by atoms with Crippen LogP contribution < -0.4 is 5.32 Å². The van der Waals surface area contributed by atoms with E-state index in [2.05, 4.69) is 5.32 Å². The van der Waals surface area contributed by atoms with E-state index in [9.17, 15) is 14.0 Å². The van der Waals surface area contributed by atoms with E-state index < -0.39 is 5.82 Å². The highest BCUT2D eigenvalue weighted by atomic mass is 19.1. The van der Waals surface area contributed by atoms with Crippen LogP contribution in [-0.2, 0) is 14.3 Å². The smallest absolute Gasteiger partial charge is 0.289 e. The van der Waals surface area contributed by atoms with Crippen molar-refractivity contribution in [1.29, 1.82) is 0 Å². The van der Waals surface area contributed by atoms with Crippen molar-refractivity contribution in [2.75, 3.05) is 6.54 Å². The van der Waals surface area contributed by atoms with Crippen LogP contribution in [0.15, 0.2) is 30.0 Å². The van der Waals surface area contributed by atoms with E-state index in [-0.39, 0.29) is 42.3 Å². The monoisotopic (exact) mass is 428 g/mol. The van der Waals surface area contributed by atoms with E-state index in [0.29, 0.717) is 5.56 Å². The van der Waals surface area contributed by atoms with E-state index in [1.165, 1.54) is 31.4 Å². The summed E-state index contributed by atoms with van der Waals surface area (Å²) >= 11 is 0. The molecule has 1 N–H and O–H groups in total. The Morgan fingerprint density at radius 1 is 1.03 bits per heavy atom. The largest absolute Gasteiger partial charge is 0.482 e. The topological polar surface area (TPSA) is 58.6 Å². The maximum Gasteiger partial charge on any atom is 0.289 e. The fourth-order valence-electron chi connectivity index (χ4n) is 5.12. The van der Waals surface area contributed by atoms with Gasteiger partial charge in [0.15, 0.2) is 5.76 Å². The van der Waals surface area contributed by atoms with Gasteiger partial charge in [0.05, 0.1) is 6.04 Å². The van der Waals surface area contributed by atoms with Gasteiger partial charge in [-0.1, -0.05) is 56.7 Å². The first kappa shape index (κ1) is 21.8. The zero-order valence-corrected chi connectivity index (χ0v) is 18.2. The van der Waals surface area contributed by atoms with Gasteiger partial charge in [-0.15, -0.1) is 0 Å². The first-order valence-electron chi connectivity index (χ1n) is 11.8. The number of hydrogen-bond donors (Lipinski definition) is 1. The lowest BCUT2D eigenvalue weighted by Crippen LogP contribution is -2.57. The van der Waals surface area contributed by atoms with Gasteiger partial charge in [-0.3, -0.25) is 9.59 Å². The van der Waals surface area contributed by atoms with E-state index in [0.717, 1.165) is 51.4 Å². The fourth-order valence-corrected chi connectivity index (χ4v) is 5.12. The summed E-state index contributed by atoms with van der Waals surface area (Å²) in [4.78, 5) is 27.8.